The minimum absolute atomic E-state index is 0.119. The molecule has 180 valence electrons. The first kappa shape index (κ1) is 25.0. The van der Waals surface area contributed by atoms with E-state index in [1.807, 2.05) is 0 Å². The number of ether oxygens (including phenoxy) is 2. The van der Waals surface area contributed by atoms with Crippen LogP contribution in [0.15, 0.2) is 47.8 Å². The molecule has 34 heavy (non-hydrogen) atoms. The van der Waals surface area contributed by atoms with Crippen LogP contribution in [0, 0.1) is 0 Å². The van der Waals surface area contributed by atoms with Crippen molar-refractivity contribution in [1.82, 2.24) is 4.98 Å². The summed E-state index contributed by atoms with van der Waals surface area (Å²) < 4.78 is 87.2. The second-order valence-corrected chi connectivity index (χ2v) is 7.54. The Kier molecular flexibility index (Phi) is 7.15. The first-order valence-corrected chi connectivity index (χ1v) is 10.1. The summed E-state index contributed by atoms with van der Waals surface area (Å²) in [5, 5.41) is 4.13. The van der Waals surface area contributed by atoms with Crippen molar-refractivity contribution < 1.29 is 45.4 Å². The molecule has 0 saturated carbocycles. The van der Waals surface area contributed by atoms with E-state index in [9.17, 15) is 35.9 Å². The zero-order chi connectivity index (χ0) is 25.1. The standard InChI is InChI=1S/C21H14F6N2O4S/c1-32-15-4-2-11(3-5-15)16-10-34-19(28-16)29-17(30)9-33-18(31)12-6-13(20(22,23)24)8-14(7-12)21(25,26)27/h2-8,10H,9H2,1H3,(H,28,29,30). The number of halogens is 6. The van der Waals surface area contributed by atoms with Crippen LogP contribution in [-0.2, 0) is 21.9 Å². The molecule has 0 unspecified atom stereocenters. The lowest BCUT2D eigenvalue weighted by Crippen LogP contribution is -2.21. The maximum atomic E-state index is 12.9. The molecule has 1 aromatic heterocycles. The Morgan fingerprint density at radius 2 is 1.56 bits per heavy atom. The van der Waals surface area contributed by atoms with Gasteiger partial charge in [0.25, 0.3) is 5.91 Å². The molecule has 0 atom stereocenters. The molecule has 0 aliphatic rings. The number of anilines is 1. The quantitative estimate of drug-likeness (QED) is 0.347. The van der Waals surface area contributed by atoms with Crippen molar-refractivity contribution in [1.29, 1.82) is 0 Å². The number of nitrogens with zero attached hydrogens (tertiary/aromatic N) is 1. The molecule has 2 aromatic carbocycles. The second-order valence-electron chi connectivity index (χ2n) is 6.69. The van der Waals surface area contributed by atoms with E-state index in [1.54, 1.807) is 29.6 Å². The van der Waals surface area contributed by atoms with Crippen molar-refractivity contribution in [2.75, 3.05) is 19.0 Å². The zero-order valence-electron chi connectivity index (χ0n) is 17.1. The van der Waals surface area contributed by atoms with Gasteiger partial charge in [-0.1, -0.05) is 0 Å². The molecule has 0 radical (unpaired) electrons. The summed E-state index contributed by atoms with van der Waals surface area (Å²) in [5.74, 6) is -1.77. The fourth-order valence-electron chi connectivity index (χ4n) is 2.67. The summed E-state index contributed by atoms with van der Waals surface area (Å²) in [5.41, 5.74) is -3.08. The first-order valence-electron chi connectivity index (χ1n) is 9.23. The molecular formula is C21H14F6N2O4S. The van der Waals surface area contributed by atoms with E-state index >= 15 is 0 Å². The number of methoxy groups -OCH3 is 1. The van der Waals surface area contributed by atoms with Crippen molar-refractivity contribution in [2.24, 2.45) is 0 Å². The zero-order valence-corrected chi connectivity index (χ0v) is 17.9. The Morgan fingerprint density at radius 1 is 0.971 bits per heavy atom. The van der Waals surface area contributed by atoms with Gasteiger partial charge in [-0.3, -0.25) is 10.1 Å². The summed E-state index contributed by atoms with van der Waals surface area (Å²) in [6.07, 6.45) is -10.2. The predicted molar refractivity (Wildman–Crippen MR) is 109 cm³/mol. The highest BCUT2D eigenvalue weighted by Crippen LogP contribution is 2.36. The van der Waals surface area contributed by atoms with Gasteiger partial charge in [-0.15, -0.1) is 11.3 Å². The highest BCUT2D eigenvalue weighted by molar-refractivity contribution is 7.14. The first-order chi connectivity index (χ1) is 15.9. The van der Waals surface area contributed by atoms with Gasteiger partial charge in [-0.05, 0) is 42.5 Å². The summed E-state index contributed by atoms with van der Waals surface area (Å²) in [4.78, 5) is 28.3. The molecule has 1 amide bonds. The van der Waals surface area contributed by atoms with Gasteiger partial charge in [0.05, 0.1) is 29.5 Å². The maximum absolute atomic E-state index is 12.9. The highest BCUT2D eigenvalue weighted by atomic mass is 32.1. The number of hydrogen-bond donors (Lipinski definition) is 1. The van der Waals surface area contributed by atoms with Crippen LogP contribution >= 0.6 is 11.3 Å². The Labute approximate surface area is 192 Å². The molecular weight excluding hydrogens is 490 g/mol. The smallest absolute Gasteiger partial charge is 0.416 e. The van der Waals surface area contributed by atoms with Crippen molar-refractivity contribution in [2.45, 2.75) is 12.4 Å². The third-order valence-corrected chi connectivity index (χ3v) is 5.05. The van der Waals surface area contributed by atoms with Crippen LogP contribution in [0.4, 0.5) is 31.5 Å². The average molecular weight is 504 g/mol. The molecule has 6 nitrogen and oxygen atoms in total. The fourth-order valence-corrected chi connectivity index (χ4v) is 3.40. The molecule has 0 aliphatic heterocycles. The van der Waals surface area contributed by atoms with Crippen molar-refractivity contribution in [3.63, 3.8) is 0 Å². The Morgan fingerprint density at radius 3 is 2.09 bits per heavy atom. The van der Waals surface area contributed by atoms with Crippen LogP contribution < -0.4 is 10.1 Å². The number of carbonyl (C=O) groups excluding carboxylic acids is 2. The lowest BCUT2D eigenvalue weighted by atomic mass is 10.0. The number of benzene rings is 2. The van der Waals surface area contributed by atoms with Crippen LogP contribution in [0.1, 0.15) is 21.5 Å². The molecule has 0 aliphatic carbocycles. The lowest BCUT2D eigenvalue weighted by Gasteiger charge is -2.13. The molecule has 1 N–H and O–H groups in total. The van der Waals surface area contributed by atoms with Crippen LogP contribution in [0.3, 0.4) is 0 Å². The van der Waals surface area contributed by atoms with Gasteiger partial charge < -0.3 is 9.47 Å². The van der Waals surface area contributed by atoms with Crippen molar-refractivity contribution >= 4 is 28.3 Å². The number of carbonyl (C=O) groups is 2. The van der Waals surface area contributed by atoms with Crippen LogP contribution in [-0.4, -0.2) is 30.6 Å². The summed E-state index contributed by atoms with van der Waals surface area (Å²) in [6.45, 7) is -0.951. The maximum Gasteiger partial charge on any atom is 0.416 e. The van der Waals surface area contributed by atoms with E-state index < -0.39 is 47.5 Å². The highest BCUT2D eigenvalue weighted by Gasteiger charge is 2.37. The normalized spacial score (nSPS) is 11.7. The molecule has 13 heteroatoms. The van der Waals surface area contributed by atoms with Gasteiger partial charge in [-0.2, -0.15) is 26.3 Å². The topological polar surface area (TPSA) is 77.5 Å². The number of aromatic nitrogens is 1. The van der Waals surface area contributed by atoms with E-state index in [0.29, 0.717) is 11.4 Å². The SMILES string of the molecule is COc1ccc(-c2csc(NC(=O)COC(=O)c3cc(C(F)(F)F)cc(C(F)(F)F)c3)n2)cc1. The van der Waals surface area contributed by atoms with Crippen LogP contribution in [0.2, 0.25) is 0 Å². The van der Waals surface area contributed by atoms with Gasteiger partial charge in [0.15, 0.2) is 11.7 Å². The Hall–Kier alpha value is -3.61. The molecule has 0 saturated heterocycles. The second kappa shape index (κ2) is 9.71. The third-order valence-electron chi connectivity index (χ3n) is 4.29. The van der Waals surface area contributed by atoms with E-state index in [4.69, 9.17) is 4.74 Å². The van der Waals surface area contributed by atoms with Crippen LogP contribution in [0.5, 0.6) is 5.75 Å². The number of nitrogens with one attached hydrogen (secondary N) is 1. The number of hydrogen-bond acceptors (Lipinski definition) is 6. The molecule has 0 spiro atoms. The third kappa shape index (κ3) is 6.25. The number of esters is 1. The molecule has 3 aromatic rings. The molecule has 0 fully saturated rings. The number of rotatable bonds is 6. The van der Waals surface area contributed by atoms with Gasteiger partial charge in [0.1, 0.15) is 5.75 Å². The minimum atomic E-state index is -5.12. The van der Waals surface area contributed by atoms with Crippen molar-refractivity contribution in [3.05, 3.63) is 64.5 Å². The van der Waals surface area contributed by atoms with Crippen LogP contribution in [0.25, 0.3) is 11.3 Å². The van der Waals surface area contributed by atoms with E-state index in [1.165, 1.54) is 7.11 Å². The summed E-state index contributed by atoms with van der Waals surface area (Å²) in [6, 6.07) is 7.23. The largest absolute Gasteiger partial charge is 0.497 e. The monoisotopic (exact) mass is 504 g/mol. The van der Waals surface area contributed by atoms with Gasteiger partial charge in [0.2, 0.25) is 0 Å². The number of alkyl halides is 6. The van der Waals surface area contributed by atoms with Gasteiger partial charge in [0, 0.05) is 10.9 Å². The van der Waals surface area contributed by atoms with Gasteiger partial charge in [-0.25, -0.2) is 9.78 Å². The number of thiazole rings is 1. The van der Waals surface area contributed by atoms with Crippen molar-refractivity contribution in [3.8, 4) is 17.0 Å². The van der Waals surface area contributed by atoms with Gasteiger partial charge >= 0.3 is 18.3 Å². The Bertz CT molecular complexity index is 1160. The fraction of sp³-hybridized carbons (Fsp3) is 0.190. The Balaban J connectivity index is 1.65. The average Bonchev–Trinajstić information content (AvgIpc) is 3.24. The number of amides is 1. The van der Waals surface area contributed by atoms with E-state index in [-0.39, 0.29) is 23.3 Å². The molecule has 0 bridgehead atoms. The molecule has 1 heterocycles. The van der Waals surface area contributed by atoms with E-state index in [2.05, 4.69) is 15.0 Å². The van der Waals surface area contributed by atoms with E-state index in [0.717, 1.165) is 16.9 Å². The predicted octanol–water partition coefficient (Wildman–Crippen LogP) is 5.65. The summed E-state index contributed by atoms with van der Waals surface area (Å²) in [7, 11) is 1.51. The lowest BCUT2D eigenvalue weighted by molar-refractivity contribution is -0.143. The molecule has 3 rings (SSSR count). The minimum Gasteiger partial charge on any atom is -0.497 e. The summed E-state index contributed by atoms with van der Waals surface area (Å²) >= 11 is 1.06.